The summed E-state index contributed by atoms with van der Waals surface area (Å²) in [5.41, 5.74) is 3.56. The first-order valence-corrected chi connectivity index (χ1v) is 11.0. The van der Waals surface area contributed by atoms with E-state index in [2.05, 4.69) is 10.6 Å². The van der Waals surface area contributed by atoms with Crippen LogP contribution in [-0.4, -0.2) is 24.3 Å². The topological polar surface area (TPSA) is 87.7 Å². The SMILES string of the molecule is CCOc1cccc(NC2=C(c3ccc(NC(C)=O)cc3)C(=O)N(c3ccccc3C)C2=O)c1. The molecule has 0 bridgehead atoms. The third kappa shape index (κ3) is 4.54. The van der Waals surface area contributed by atoms with Crippen LogP contribution in [0.25, 0.3) is 5.57 Å². The Kier molecular flexibility index (Phi) is 6.45. The third-order valence-corrected chi connectivity index (χ3v) is 5.35. The van der Waals surface area contributed by atoms with E-state index < -0.39 is 11.8 Å². The first-order chi connectivity index (χ1) is 16.4. The Bertz CT molecular complexity index is 1300. The van der Waals surface area contributed by atoms with E-state index in [1.165, 1.54) is 11.8 Å². The zero-order valence-corrected chi connectivity index (χ0v) is 19.2. The van der Waals surface area contributed by atoms with Crippen molar-refractivity contribution in [1.29, 1.82) is 0 Å². The van der Waals surface area contributed by atoms with Crippen LogP contribution in [0.5, 0.6) is 5.75 Å². The molecule has 3 amide bonds. The summed E-state index contributed by atoms with van der Waals surface area (Å²) in [5, 5.41) is 5.86. The second-order valence-electron chi connectivity index (χ2n) is 7.83. The molecule has 7 nitrogen and oxygen atoms in total. The van der Waals surface area contributed by atoms with Crippen molar-refractivity contribution in [1.82, 2.24) is 0 Å². The molecule has 1 aliphatic rings. The van der Waals surface area contributed by atoms with Gasteiger partial charge in [-0.25, -0.2) is 4.90 Å². The molecule has 0 spiro atoms. The van der Waals surface area contributed by atoms with Gasteiger partial charge in [-0.3, -0.25) is 14.4 Å². The highest BCUT2D eigenvalue weighted by Gasteiger charge is 2.40. The van der Waals surface area contributed by atoms with Crippen LogP contribution in [0.2, 0.25) is 0 Å². The molecule has 0 saturated heterocycles. The number of amides is 3. The maximum Gasteiger partial charge on any atom is 0.282 e. The minimum absolute atomic E-state index is 0.175. The number of anilines is 3. The van der Waals surface area contributed by atoms with Crippen molar-refractivity contribution in [3.63, 3.8) is 0 Å². The number of carbonyl (C=O) groups excluding carboxylic acids is 3. The van der Waals surface area contributed by atoms with Crippen molar-refractivity contribution in [2.45, 2.75) is 20.8 Å². The number of aryl methyl sites for hydroxylation is 1. The monoisotopic (exact) mass is 455 g/mol. The first kappa shape index (κ1) is 22.8. The maximum absolute atomic E-state index is 13.6. The van der Waals surface area contributed by atoms with E-state index in [1.54, 1.807) is 48.5 Å². The zero-order chi connectivity index (χ0) is 24.2. The van der Waals surface area contributed by atoms with Crippen LogP contribution in [0.3, 0.4) is 0 Å². The van der Waals surface area contributed by atoms with Gasteiger partial charge in [-0.05, 0) is 55.3 Å². The highest BCUT2D eigenvalue weighted by molar-refractivity contribution is 6.46. The number of ether oxygens (including phenoxy) is 1. The number of para-hydroxylation sites is 1. The highest BCUT2D eigenvalue weighted by atomic mass is 16.5. The number of nitrogens with one attached hydrogen (secondary N) is 2. The molecule has 2 N–H and O–H groups in total. The van der Waals surface area contributed by atoms with Crippen molar-refractivity contribution in [2.75, 3.05) is 22.1 Å². The fraction of sp³-hybridized carbons (Fsp3) is 0.148. The van der Waals surface area contributed by atoms with Gasteiger partial charge in [-0.2, -0.15) is 0 Å². The summed E-state index contributed by atoms with van der Waals surface area (Å²) in [6, 6.07) is 21.3. The summed E-state index contributed by atoms with van der Waals surface area (Å²) < 4.78 is 5.57. The average molecular weight is 456 g/mol. The van der Waals surface area contributed by atoms with Crippen LogP contribution in [-0.2, 0) is 14.4 Å². The number of benzene rings is 3. The predicted octanol–water partition coefficient (Wildman–Crippen LogP) is 4.75. The number of nitrogens with zero attached hydrogens (tertiary/aromatic N) is 1. The smallest absolute Gasteiger partial charge is 0.282 e. The van der Waals surface area contributed by atoms with Crippen molar-refractivity contribution < 1.29 is 19.1 Å². The number of imide groups is 1. The first-order valence-electron chi connectivity index (χ1n) is 11.0. The molecule has 0 aromatic heterocycles. The van der Waals surface area contributed by atoms with E-state index in [1.807, 2.05) is 38.1 Å². The Balaban J connectivity index is 1.79. The number of carbonyl (C=O) groups is 3. The fourth-order valence-electron chi connectivity index (χ4n) is 3.84. The summed E-state index contributed by atoms with van der Waals surface area (Å²) in [6.07, 6.45) is 0. The van der Waals surface area contributed by atoms with Crippen LogP contribution in [0.15, 0.2) is 78.5 Å². The van der Waals surface area contributed by atoms with Crippen molar-refractivity contribution in [3.8, 4) is 5.75 Å². The summed E-state index contributed by atoms with van der Waals surface area (Å²) >= 11 is 0. The van der Waals surface area contributed by atoms with Crippen molar-refractivity contribution in [2.24, 2.45) is 0 Å². The van der Waals surface area contributed by atoms with Crippen molar-refractivity contribution in [3.05, 3.63) is 89.6 Å². The molecule has 0 fully saturated rings. The van der Waals surface area contributed by atoms with Gasteiger partial charge in [-0.15, -0.1) is 0 Å². The Morgan fingerprint density at radius 3 is 2.32 bits per heavy atom. The van der Waals surface area contributed by atoms with Crippen LogP contribution < -0.4 is 20.3 Å². The van der Waals surface area contributed by atoms with Crippen LogP contribution in [0, 0.1) is 6.92 Å². The van der Waals surface area contributed by atoms with E-state index in [9.17, 15) is 14.4 Å². The predicted molar refractivity (Wildman–Crippen MR) is 133 cm³/mol. The molecule has 3 aromatic rings. The van der Waals surface area contributed by atoms with Crippen LogP contribution in [0.4, 0.5) is 17.1 Å². The number of hydrogen-bond acceptors (Lipinski definition) is 5. The summed E-state index contributed by atoms with van der Waals surface area (Å²) in [4.78, 5) is 39.8. The summed E-state index contributed by atoms with van der Waals surface area (Å²) in [6.45, 7) is 5.68. The lowest BCUT2D eigenvalue weighted by atomic mass is 10.0. The maximum atomic E-state index is 13.6. The van der Waals surface area contributed by atoms with E-state index in [0.29, 0.717) is 35.0 Å². The highest BCUT2D eigenvalue weighted by Crippen LogP contribution is 2.35. The molecule has 3 aromatic carbocycles. The molecule has 0 unspecified atom stereocenters. The lowest BCUT2D eigenvalue weighted by Crippen LogP contribution is -2.33. The standard InChI is InChI=1S/C27H25N3O4/c1-4-34-22-10-7-9-21(16-22)29-25-24(19-12-14-20(15-13-19)28-18(3)31)26(32)30(27(25)33)23-11-6-5-8-17(23)2/h5-16,29H,4H2,1-3H3,(H,28,31). The molecular weight excluding hydrogens is 430 g/mol. The van der Waals surface area contributed by atoms with Gasteiger partial charge in [0.05, 0.1) is 17.9 Å². The number of hydrogen-bond donors (Lipinski definition) is 2. The Morgan fingerprint density at radius 1 is 0.912 bits per heavy atom. The third-order valence-electron chi connectivity index (χ3n) is 5.35. The zero-order valence-electron chi connectivity index (χ0n) is 19.2. The summed E-state index contributed by atoms with van der Waals surface area (Å²) in [5.74, 6) is -0.403. The lowest BCUT2D eigenvalue weighted by molar-refractivity contribution is -0.120. The van der Waals surface area contributed by atoms with Gasteiger partial charge in [0.15, 0.2) is 0 Å². The summed E-state index contributed by atoms with van der Waals surface area (Å²) in [7, 11) is 0. The van der Waals surface area contributed by atoms with E-state index in [4.69, 9.17) is 4.74 Å². The lowest BCUT2D eigenvalue weighted by Gasteiger charge is -2.17. The normalized spacial score (nSPS) is 13.3. The average Bonchev–Trinajstić information content (AvgIpc) is 3.04. The molecule has 4 rings (SSSR count). The van der Waals surface area contributed by atoms with E-state index >= 15 is 0 Å². The van der Waals surface area contributed by atoms with Gasteiger partial charge in [0.2, 0.25) is 5.91 Å². The minimum Gasteiger partial charge on any atom is -0.494 e. The minimum atomic E-state index is -0.443. The Hall–Kier alpha value is -4.39. The molecule has 0 saturated carbocycles. The molecule has 7 heteroatoms. The van der Waals surface area contributed by atoms with Gasteiger partial charge in [0, 0.05) is 24.4 Å². The largest absolute Gasteiger partial charge is 0.494 e. The van der Waals surface area contributed by atoms with Gasteiger partial charge < -0.3 is 15.4 Å². The Morgan fingerprint density at radius 2 is 1.65 bits per heavy atom. The quantitative estimate of drug-likeness (QED) is 0.502. The van der Waals surface area contributed by atoms with Gasteiger partial charge in [0.25, 0.3) is 11.8 Å². The molecular formula is C27H25N3O4. The van der Waals surface area contributed by atoms with E-state index in [0.717, 1.165) is 5.56 Å². The molecule has 1 heterocycles. The van der Waals surface area contributed by atoms with Gasteiger partial charge in [0.1, 0.15) is 11.4 Å². The molecule has 0 aliphatic carbocycles. The molecule has 0 radical (unpaired) electrons. The second-order valence-corrected chi connectivity index (χ2v) is 7.83. The van der Waals surface area contributed by atoms with E-state index in [-0.39, 0.29) is 17.2 Å². The van der Waals surface area contributed by atoms with Gasteiger partial charge in [-0.1, -0.05) is 36.4 Å². The molecule has 172 valence electrons. The second kappa shape index (κ2) is 9.62. The molecule has 34 heavy (non-hydrogen) atoms. The number of rotatable bonds is 7. The molecule has 0 atom stereocenters. The van der Waals surface area contributed by atoms with Gasteiger partial charge >= 0.3 is 0 Å². The fourth-order valence-corrected chi connectivity index (χ4v) is 3.84. The van der Waals surface area contributed by atoms with Crippen LogP contribution >= 0.6 is 0 Å². The van der Waals surface area contributed by atoms with Crippen molar-refractivity contribution >= 4 is 40.4 Å². The van der Waals surface area contributed by atoms with Crippen LogP contribution in [0.1, 0.15) is 25.0 Å². The molecule has 1 aliphatic heterocycles. The Labute approximate surface area is 198 Å².